The second kappa shape index (κ2) is 30.9. The number of nitriles is 2. The molecule has 0 fully saturated rings. The number of nitrogens with zero attached hydrogens (tertiary/aromatic N) is 4. The molecule has 0 aliphatic heterocycles. The zero-order chi connectivity index (χ0) is 28.7. The van der Waals surface area contributed by atoms with Gasteiger partial charge in [-0.3, -0.25) is 9.59 Å². The van der Waals surface area contributed by atoms with Crippen LogP contribution in [0.1, 0.15) is 52.4 Å². The van der Waals surface area contributed by atoms with Gasteiger partial charge in [-0.05, 0) is 25.9 Å². The highest BCUT2D eigenvalue weighted by Crippen LogP contribution is 1.97. The molecule has 0 unspecified atom stereocenters. The van der Waals surface area contributed by atoms with Crippen molar-refractivity contribution in [2.45, 2.75) is 52.4 Å². The first-order valence-electron chi connectivity index (χ1n) is 13.5. The molecule has 0 aliphatic carbocycles. The second-order valence-corrected chi connectivity index (χ2v) is 8.02. The molecule has 0 saturated heterocycles. The van der Waals surface area contributed by atoms with E-state index in [1.165, 1.54) is 0 Å². The van der Waals surface area contributed by atoms with Crippen LogP contribution in [0.3, 0.4) is 0 Å². The molecule has 0 radical (unpaired) electrons. The average Bonchev–Trinajstić information content (AvgIpc) is 2.94. The molecular weight excluding hydrogens is 492 g/mol. The second-order valence-electron chi connectivity index (χ2n) is 8.02. The Bertz CT molecular complexity index is 603. The van der Waals surface area contributed by atoms with Gasteiger partial charge in [0.2, 0.25) is 11.8 Å². The van der Waals surface area contributed by atoms with Gasteiger partial charge in [0.05, 0.1) is 64.6 Å². The fraction of sp³-hybridized carbons (Fsp3) is 0.846. The van der Waals surface area contributed by atoms with E-state index in [-0.39, 0.29) is 11.8 Å². The van der Waals surface area contributed by atoms with Gasteiger partial charge in [0.25, 0.3) is 0 Å². The summed E-state index contributed by atoms with van der Waals surface area (Å²) in [5.41, 5.74) is 10.8. The number of carbonyl (C=O) groups excluding carboxylic acids is 2. The maximum Gasteiger partial charge on any atom is 0.222 e. The van der Waals surface area contributed by atoms with Crippen molar-refractivity contribution in [3.8, 4) is 12.1 Å². The van der Waals surface area contributed by atoms with Crippen LogP contribution < -0.4 is 11.5 Å². The summed E-state index contributed by atoms with van der Waals surface area (Å²) in [6, 6.07) is 3.98. The predicted octanol–water partition coefficient (Wildman–Crippen LogP) is 1.04. The summed E-state index contributed by atoms with van der Waals surface area (Å²) in [5, 5.41) is 16.7. The van der Waals surface area contributed by atoms with Crippen molar-refractivity contribution in [2.75, 3.05) is 92.1 Å². The lowest BCUT2D eigenvalue weighted by Gasteiger charge is -2.22. The first-order valence-corrected chi connectivity index (χ1v) is 13.5. The molecule has 0 aromatic heterocycles. The largest absolute Gasteiger partial charge is 0.380 e. The SMILES string of the molecule is CCC(=O)N(CCOCCC#N)CCOCCC#N.CCC(=O)N(CCOCCCN)CCOCCCN. The molecule has 0 aromatic carbocycles. The van der Waals surface area contributed by atoms with Gasteiger partial charge in [0, 0.05) is 52.2 Å². The number of nitrogens with two attached hydrogens (primary N) is 2. The zero-order valence-corrected chi connectivity index (χ0v) is 23.5. The Labute approximate surface area is 229 Å². The molecule has 12 heteroatoms. The Balaban J connectivity index is 0. The van der Waals surface area contributed by atoms with E-state index in [2.05, 4.69) is 0 Å². The number of hydrogen-bond donors (Lipinski definition) is 2. The lowest BCUT2D eigenvalue weighted by molar-refractivity contribution is -0.133. The summed E-state index contributed by atoms with van der Waals surface area (Å²) in [5.74, 6) is 0.178. The highest BCUT2D eigenvalue weighted by Gasteiger charge is 2.11. The van der Waals surface area contributed by atoms with Gasteiger partial charge in [-0.15, -0.1) is 0 Å². The number of rotatable bonds is 24. The smallest absolute Gasteiger partial charge is 0.222 e. The maximum absolute atomic E-state index is 11.7. The summed E-state index contributed by atoms with van der Waals surface area (Å²) in [7, 11) is 0. The lowest BCUT2D eigenvalue weighted by atomic mass is 10.3. The van der Waals surface area contributed by atoms with Gasteiger partial charge < -0.3 is 40.2 Å². The van der Waals surface area contributed by atoms with Crippen LogP contribution in [0.25, 0.3) is 0 Å². The molecule has 0 bridgehead atoms. The van der Waals surface area contributed by atoms with Gasteiger partial charge in [0.15, 0.2) is 0 Å². The summed E-state index contributed by atoms with van der Waals surface area (Å²) in [6.07, 6.45) is 3.37. The average molecular weight is 543 g/mol. The molecule has 4 N–H and O–H groups in total. The van der Waals surface area contributed by atoms with Gasteiger partial charge >= 0.3 is 0 Å². The third kappa shape index (κ3) is 25.3. The van der Waals surface area contributed by atoms with Crippen LogP contribution >= 0.6 is 0 Å². The van der Waals surface area contributed by atoms with Gasteiger partial charge in [-0.25, -0.2) is 0 Å². The third-order valence-corrected chi connectivity index (χ3v) is 5.03. The standard InChI is InChI=1S/C13H29N3O3.C13H21N3O3/c2*1-2-13(17)16(7-11-18-9-3-5-14)8-12-19-10-4-6-15/h2-12,14-15H2,1H3;2-4,7-12H2,1H3. The molecule has 0 heterocycles. The van der Waals surface area contributed by atoms with Crippen LogP contribution in [-0.2, 0) is 28.5 Å². The van der Waals surface area contributed by atoms with Crippen molar-refractivity contribution in [2.24, 2.45) is 11.5 Å². The minimum absolute atomic E-state index is 0.0489. The molecule has 0 aliphatic rings. The molecule has 220 valence electrons. The first-order chi connectivity index (χ1) is 18.5. The Kier molecular flexibility index (Phi) is 30.8. The quantitative estimate of drug-likeness (QED) is 0.167. The summed E-state index contributed by atoms with van der Waals surface area (Å²) in [6.45, 7) is 11.2. The zero-order valence-electron chi connectivity index (χ0n) is 23.5. The maximum atomic E-state index is 11.7. The van der Waals surface area contributed by atoms with Crippen LogP contribution in [-0.4, -0.2) is 114 Å². The summed E-state index contributed by atoms with van der Waals surface area (Å²) in [4.78, 5) is 26.9. The van der Waals surface area contributed by atoms with Crippen molar-refractivity contribution in [1.82, 2.24) is 9.80 Å². The normalized spacial score (nSPS) is 10.2. The van der Waals surface area contributed by atoms with Crippen LogP contribution in [0.4, 0.5) is 0 Å². The van der Waals surface area contributed by atoms with Crippen molar-refractivity contribution in [3.05, 3.63) is 0 Å². The number of amides is 2. The van der Waals surface area contributed by atoms with Crippen molar-refractivity contribution in [1.29, 1.82) is 10.5 Å². The fourth-order valence-electron chi connectivity index (χ4n) is 2.88. The predicted molar refractivity (Wildman–Crippen MR) is 145 cm³/mol. The van der Waals surface area contributed by atoms with Crippen LogP contribution in [0.15, 0.2) is 0 Å². The number of ether oxygens (including phenoxy) is 4. The van der Waals surface area contributed by atoms with Gasteiger partial charge in [-0.2, -0.15) is 10.5 Å². The number of hydrogen-bond acceptors (Lipinski definition) is 10. The van der Waals surface area contributed by atoms with E-state index in [1.807, 2.05) is 26.0 Å². The minimum Gasteiger partial charge on any atom is -0.380 e. The monoisotopic (exact) mass is 542 g/mol. The Morgan fingerprint density at radius 3 is 1.18 bits per heavy atom. The minimum atomic E-state index is 0.0489. The first kappa shape index (κ1) is 37.8. The molecule has 12 nitrogen and oxygen atoms in total. The fourth-order valence-corrected chi connectivity index (χ4v) is 2.88. The highest BCUT2D eigenvalue weighted by atomic mass is 16.5. The topological polar surface area (TPSA) is 177 Å². The molecule has 0 spiro atoms. The van der Waals surface area contributed by atoms with E-state index in [1.54, 1.807) is 9.80 Å². The van der Waals surface area contributed by atoms with E-state index >= 15 is 0 Å². The van der Waals surface area contributed by atoms with Crippen LogP contribution in [0.5, 0.6) is 0 Å². The molecule has 0 aromatic rings. The Morgan fingerprint density at radius 2 is 0.921 bits per heavy atom. The van der Waals surface area contributed by atoms with Crippen molar-refractivity contribution < 1.29 is 28.5 Å². The Morgan fingerprint density at radius 1 is 0.605 bits per heavy atom. The number of carbonyl (C=O) groups is 2. The molecule has 0 saturated carbocycles. The van der Waals surface area contributed by atoms with Gasteiger partial charge in [-0.1, -0.05) is 13.8 Å². The molecule has 0 rings (SSSR count). The van der Waals surface area contributed by atoms with Crippen LogP contribution in [0.2, 0.25) is 0 Å². The van der Waals surface area contributed by atoms with E-state index < -0.39 is 0 Å². The molecule has 38 heavy (non-hydrogen) atoms. The Hall–Kier alpha value is -2.32. The van der Waals surface area contributed by atoms with E-state index in [4.69, 9.17) is 40.9 Å². The van der Waals surface area contributed by atoms with Crippen LogP contribution in [0, 0.1) is 22.7 Å². The highest BCUT2D eigenvalue weighted by molar-refractivity contribution is 5.76. The molecule has 0 atom stereocenters. The summed E-state index contributed by atoms with van der Waals surface area (Å²) >= 11 is 0. The van der Waals surface area contributed by atoms with E-state index in [0.29, 0.717) is 118 Å². The summed E-state index contributed by atoms with van der Waals surface area (Å²) < 4.78 is 21.3. The third-order valence-electron chi connectivity index (χ3n) is 5.03. The van der Waals surface area contributed by atoms with E-state index in [9.17, 15) is 9.59 Å². The molecular formula is C26H50N6O6. The van der Waals surface area contributed by atoms with E-state index in [0.717, 1.165) is 12.8 Å². The van der Waals surface area contributed by atoms with Gasteiger partial charge in [0.1, 0.15) is 0 Å². The lowest BCUT2D eigenvalue weighted by Crippen LogP contribution is -2.36. The van der Waals surface area contributed by atoms with Crippen molar-refractivity contribution >= 4 is 11.8 Å². The molecule has 2 amide bonds. The van der Waals surface area contributed by atoms with Crippen molar-refractivity contribution in [3.63, 3.8) is 0 Å².